The maximum absolute atomic E-state index is 11.3. The van der Waals surface area contributed by atoms with Gasteiger partial charge in [-0.1, -0.05) is 169 Å². The van der Waals surface area contributed by atoms with Crippen LogP contribution in [0.1, 0.15) is 202 Å². The predicted octanol–water partition coefficient (Wildman–Crippen LogP) is 12.1. The molecule has 0 bridgehead atoms. The standard InChI is InChI=1S/C19H38O2.C17H34O2/c1-4-5-6-7-8-9-10-11-12-13-14-15-16-17-19(20)21-18(2)3;1-4-5-6-7-8-9-10-11-12-13-14-16(15(2)3)17(18)19/h18H,4-17H2,1-3H3;15-16H,4-14H2,1-3H3,(H,18,19). The number of hydrogen-bond acceptors (Lipinski definition) is 3. The first-order chi connectivity index (χ1) is 19.3. The van der Waals surface area contributed by atoms with E-state index in [9.17, 15) is 9.59 Å². The second kappa shape index (κ2) is 32.5. The first kappa shape index (κ1) is 41.1. The molecule has 0 aromatic rings. The second-order valence-electron chi connectivity index (χ2n) is 12.7. The molecule has 0 aromatic heterocycles. The first-order valence-corrected chi connectivity index (χ1v) is 17.7. The van der Waals surface area contributed by atoms with Gasteiger partial charge in [-0.3, -0.25) is 9.59 Å². The van der Waals surface area contributed by atoms with Crippen LogP contribution >= 0.6 is 0 Å². The van der Waals surface area contributed by atoms with Crippen molar-refractivity contribution in [1.29, 1.82) is 0 Å². The first-order valence-electron chi connectivity index (χ1n) is 17.7. The Labute approximate surface area is 251 Å². The van der Waals surface area contributed by atoms with Crippen molar-refractivity contribution in [2.24, 2.45) is 11.8 Å². The van der Waals surface area contributed by atoms with E-state index in [-0.39, 0.29) is 23.9 Å². The molecule has 0 heterocycles. The third-order valence-corrected chi connectivity index (χ3v) is 7.84. The molecule has 0 spiro atoms. The number of hydrogen-bond donors (Lipinski definition) is 1. The summed E-state index contributed by atoms with van der Waals surface area (Å²) in [7, 11) is 0. The molecule has 40 heavy (non-hydrogen) atoms. The van der Waals surface area contributed by atoms with Crippen molar-refractivity contribution in [3.05, 3.63) is 0 Å². The average molecular weight is 569 g/mol. The minimum atomic E-state index is -0.620. The number of aliphatic carboxylic acids is 1. The van der Waals surface area contributed by atoms with Crippen LogP contribution < -0.4 is 0 Å². The molecule has 0 aromatic carbocycles. The lowest BCUT2D eigenvalue weighted by atomic mass is 9.90. The molecule has 240 valence electrons. The van der Waals surface area contributed by atoms with Crippen LogP contribution in [0.4, 0.5) is 0 Å². The minimum absolute atomic E-state index is 0.0273. The van der Waals surface area contributed by atoms with Gasteiger partial charge >= 0.3 is 11.9 Å². The molecule has 0 rings (SSSR count). The number of ether oxygens (including phenoxy) is 1. The van der Waals surface area contributed by atoms with Gasteiger partial charge in [-0.15, -0.1) is 0 Å². The van der Waals surface area contributed by atoms with Crippen molar-refractivity contribution in [2.75, 3.05) is 0 Å². The number of unbranched alkanes of at least 4 members (excludes halogenated alkanes) is 21. The van der Waals surface area contributed by atoms with Crippen molar-refractivity contribution in [3.63, 3.8) is 0 Å². The lowest BCUT2D eigenvalue weighted by Gasteiger charge is -2.15. The molecule has 0 aliphatic rings. The Morgan fingerprint density at radius 1 is 0.525 bits per heavy atom. The third kappa shape index (κ3) is 33.1. The fourth-order valence-corrected chi connectivity index (χ4v) is 5.20. The summed E-state index contributed by atoms with van der Waals surface area (Å²) in [5.41, 5.74) is 0. The van der Waals surface area contributed by atoms with Gasteiger partial charge in [-0.05, 0) is 32.6 Å². The summed E-state index contributed by atoms with van der Waals surface area (Å²) in [4.78, 5) is 22.4. The Hall–Kier alpha value is -1.06. The van der Waals surface area contributed by atoms with Gasteiger partial charge in [0, 0.05) is 6.42 Å². The number of carbonyl (C=O) groups excluding carboxylic acids is 1. The zero-order valence-corrected chi connectivity index (χ0v) is 28.1. The lowest BCUT2D eigenvalue weighted by Crippen LogP contribution is -2.19. The Kier molecular flexibility index (Phi) is 33.3. The number of esters is 1. The summed E-state index contributed by atoms with van der Waals surface area (Å²) in [6.07, 6.45) is 32.0. The van der Waals surface area contributed by atoms with Crippen molar-refractivity contribution < 1.29 is 19.4 Å². The Morgan fingerprint density at radius 3 is 1.15 bits per heavy atom. The lowest BCUT2D eigenvalue weighted by molar-refractivity contribution is -0.147. The van der Waals surface area contributed by atoms with E-state index >= 15 is 0 Å². The normalized spacial score (nSPS) is 11.9. The third-order valence-electron chi connectivity index (χ3n) is 7.84. The zero-order chi connectivity index (χ0) is 30.3. The van der Waals surface area contributed by atoms with Gasteiger partial charge in [0.25, 0.3) is 0 Å². The van der Waals surface area contributed by atoms with Crippen LogP contribution in [-0.2, 0) is 14.3 Å². The predicted molar refractivity (Wildman–Crippen MR) is 174 cm³/mol. The van der Waals surface area contributed by atoms with Crippen LogP contribution in [0.15, 0.2) is 0 Å². The molecule has 0 amide bonds. The smallest absolute Gasteiger partial charge is 0.306 e. The van der Waals surface area contributed by atoms with Crippen molar-refractivity contribution in [1.82, 2.24) is 0 Å². The van der Waals surface area contributed by atoms with Gasteiger partial charge in [0.15, 0.2) is 0 Å². The number of carboxylic acid groups (broad SMARTS) is 1. The van der Waals surface area contributed by atoms with Gasteiger partial charge in [-0.25, -0.2) is 0 Å². The van der Waals surface area contributed by atoms with Crippen molar-refractivity contribution in [2.45, 2.75) is 208 Å². The molecular weight excluding hydrogens is 496 g/mol. The van der Waals surface area contributed by atoms with Gasteiger partial charge in [0.05, 0.1) is 12.0 Å². The maximum Gasteiger partial charge on any atom is 0.306 e. The zero-order valence-electron chi connectivity index (χ0n) is 28.1. The van der Waals surface area contributed by atoms with Gasteiger partial charge in [-0.2, -0.15) is 0 Å². The van der Waals surface area contributed by atoms with Crippen molar-refractivity contribution >= 4 is 11.9 Å². The summed E-state index contributed by atoms with van der Waals surface area (Å²) in [5.74, 6) is -0.538. The average Bonchev–Trinajstić information content (AvgIpc) is 2.89. The highest BCUT2D eigenvalue weighted by molar-refractivity contribution is 5.70. The molecule has 0 radical (unpaired) electrons. The fourth-order valence-electron chi connectivity index (χ4n) is 5.20. The molecule has 1 N–H and O–H groups in total. The second-order valence-corrected chi connectivity index (χ2v) is 12.7. The highest BCUT2D eigenvalue weighted by Gasteiger charge is 2.20. The quantitative estimate of drug-likeness (QED) is 0.0753. The summed E-state index contributed by atoms with van der Waals surface area (Å²) < 4.78 is 5.12. The van der Waals surface area contributed by atoms with E-state index in [4.69, 9.17) is 9.84 Å². The number of carbonyl (C=O) groups is 2. The van der Waals surface area contributed by atoms with Gasteiger partial charge < -0.3 is 9.84 Å². The molecule has 0 saturated carbocycles. The van der Waals surface area contributed by atoms with Crippen LogP contribution in [0.5, 0.6) is 0 Å². The molecule has 0 aliphatic heterocycles. The van der Waals surface area contributed by atoms with E-state index in [1.165, 1.54) is 135 Å². The maximum atomic E-state index is 11.3. The minimum Gasteiger partial charge on any atom is -0.481 e. The highest BCUT2D eigenvalue weighted by atomic mass is 16.5. The van der Waals surface area contributed by atoms with Crippen LogP contribution in [0.2, 0.25) is 0 Å². The molecule has 0 fully saturated rings. The molecule has 1 atom stereocenters. The van der Waals surface area contributed by atoms with E-state index in [1.807, 2.05) is 27.7 Å². The van der Waals surface area contributed by atoms with Crippen LogP contribution in [0.25, 0.3) is 0 Å². The van der Waals surface area contributed by atoms with E-state index in [0.717, 1.165) is 19.3 Å². The largest absolute Gasteiger partial charge is 0.481 e. The highest BCUT2D eigenvalue weighted by Crippen LogP contribution is 2.20. The van der Waals surface area contributed by atoms with Crippen LogP contribution in [0, 0.1) is 11.8 Å². The molecule has 1 unspecified atom stereocenters. The van der Waals surface area contributed by atoms with E-state index in [2.05, 4.69) is 13.8 Å². The van der Waals surface area contributed by atoms with E-state index in [0.29, 0.717) is 6.42 Å². The van der Waals surface area contributed by atoms with Crippen LogP contribution in [-0.4, -0.2) is 23.1 Å². The summed E-state index contributed by atoms with van der Waals surface area (Å²) >= 11 is 0. The fraction of sp³-hybridized carbons (Fsp3) is 0.944. The van der Waals surface area contributed by atoms with Gasteiger partial charge in [0.1, 0.15) is 0 Å². The summed E-state index contributed by atoms with van der Waals surface area (Å²) in [5, 5.41) is 9.09. The molecular formula is C36H72O4. The Bertz CT molecular complexity index is 529. The number of carboxylic acids is 1. The van der Waals surface area contributed by atoms with E-state index in [1.54, 1.807) is 0 Å². The molecule has 4 heteroatoms. The monoisotopic (exact) mass is 569 g/mol. The molecule has 0 saturated heterocycles. The SMILES string of the molecule is CCCCCCCCCCCCC(C(=O)O)C(C)C.CCCCCCCCCCCCCCCC(=O)OC(C)C. The molecule has 4 nitrogen and oxygen atoms in total. The van der Waals surface area contributed by atoms with Gasteiger partial charge in [0.2, 0.25) is 0 Å². The topological polar surface area (TPSA) is 63.6 Å². The summed E-state index contributed by atoms with van der Waals surface area (Å²) in [6.45, 7) is 12.3. The molecule has 0 aliphatic carbocycles. The Morgan fingerprint density at radius 2 is 0.850 bits per heavy atom. The Balaban J connectivity index is 0. The number of rotatable bonds is 28. The van der Waals surface area contributed by atoms with E-state index < -0.39 is 5.97 Å². The summed E-state index contributed by atoms with van der Waals surface area (Å²) in [6, 6.07) is 0. The van der Waals surface area contributed by atoms with Crippen molar-refractivity contribution in [3.8, 4) is 0 Å². The van der Waals surface area contributed by atoms with Crippen LogP contribution in [0.3, 0.4) is 0 Å².